The van der Waals surface area contributed by atoms with Crippen molar-refractivity contribution in [1.29, 1.82) is 0 Å². The number of hydrogen-bond acceptors (Lipinski definition) is 0. The highest BCUT2D eigenvalue weighted by Gasteiger charge is 2.42. The van der Waals surface area contributed by atoms with Crippen molar-refractivity contribution in [2.45, 2.75) is 491 Å². The molecule has 604 valence electrons. The van der Waals surface area contributed by atoms with Crippen LogP contribution in [0.5, 0.6) is 0 Å². The summed E-state index contributed by atoms with van der Waals surface area (Å²) < 4.78 is 0. The lowest BCUT2D eigenvalue weighted by molar-refractivity contribution is 0.00575. The van der Waals surface area contributed by atoms with Gasteiger partial charge in [-0.25, -0.2) is 0 Å². The fraction of sp³-hybridized carbons (Fsp3) is 1.00. The molecule has 3 rings (SSSR count). The quantitative estimate of drug-likeness (QED) is 0.249. The first-order valence-electron chi connectivity index (χ1n) is 42.4. The molecule has 0 bridgehead atoms. The van der Waals surface area contributed by atoms with E-state index in [1.165, 1.54) is 96.3 Å². The minimum atomic E-state index is 0.375. The number of hydrogen-bond donors (Lipinski definition) is 0. The lowest BCUT2D eigenvalue weighted by Crippen LogP contribution is -2.41. The lowest BCUT2D eigenvalue weighted by atomic mass is 9.56. The predicted molar refractivity (Wildman–Crippen MR) is 468 cm³/mol. The van der Waals surface area contributed by atoms with Gasteiger partial charge in [0, 0.05) is 0 Å². The average molecular weight is 1390 g/mol. The van der Waals surface area contributed by atoms with Crippen LogP contribution >= 0.6 is 0 Å². The highest BCUT2D eigenvalue weighted by atomic mass is 14.5. The summed E-state index contributed by atoms with van der Waals surface area (Å²) in [5, 5.41) is 0. The average Bonchev–Trinajstić information content (AvgIpc) is 0.808. The van der Waals surface area contributed by atoms with E-state index in [0.717, 1.165) is 65.1 Å². The van der Waals surface area contributed by atoms with Crippen LogP contribution in [-0.4, -0.2) is 0 Å². The van der Waals surface area contributed by atoms with Crippen molar-refractivity contribution in [2.24, 2.45) is 146 Å². The zero-order valence-corrected chi connectivity index (χ0v) is 81.5. The van der Waals surface area contributed by atoms with E-state index in [2.05, 4.69) is 395 Å². The second kappa shape index (κ2) is 46.9. The van der Waals surface area contributed by atoms with Gasteiger partial charge in [-0.15, -0.1) is 0 Å². The second-order valence-electron chi connectivity index (χ2n) is 48.3. The fourth-order valence-corrected chi connectivity index (χ4v) is 10.3. The first kappa shape index (κ1) is 114. The maximum Gasteiger partial charge on any atom is -0.0257 e. The van der Waals surface area contributed by atoms with Gasteiger partial charge in [0.1, 0.15) is 0 Å². The van der Waals surface area contributed by atoms with Crippen LogP contribution in [0.4, 0.5) is 0 Å². The van der Waals surface area contributed by atoms with E-state index in [9.17, 15) is 0 Å². The Hall–Kier alpha value is 0. The molecule has 0 N–H and O–H groups in total. The molecule has 0 nitrogen and oxygen atoms in total. The van der Waals surface area contributed by atoms with Gasteiger partial charge < -0.3 is 0 Å². The van der Waals surface area contributed by atoms with Crippen LogP contribution in [0, 0.1) is 146 Å². The van der Waals surface area contributed by atoms with Crippen molar-refractivity contribution in [1.82, 2.24) is 0 Å². The minimum Gasteiger partial charge on any atom is -0.0651 e. The summed E-state index contributed by atoms with van der Waals surface area (Å²) in [5.41, 5.74) is 6.53. The summed E-state index contributed by atoms with van der Waals surface area (Å²) in [5.74, 6) is 9.85. The van der Waals surface area contributed by atoms with Gasteiger partial charge in [0.15, 0.2) is 0 Å². The van der Waals surface area contributed by atoms with Crippen LogP contribution in [0.2, 0.25) is 0 Å². The lowest BCUT2D eigenvalue weighted by Gasteiger charge is -2.49. The molecule has 3 fully saturated rings. The van der Waals surface area contributed by atoms with E-state index in [-0.39, 0.29) is 0 Å². The largest absolute Gasteiger partial charge is 0.0651 e. The van der Waals surface area contributed by atoms with Crippen LogP contribution in [0.1, 0.15) is 491 Å². The molecular formula is C98H212. The summed E-state index contributed by atoms with van der Waals surface area (Å²) in [6.07, 6.45) is 22.0. The Morgan fingerprint density at radius 1 is 0.286 bits per heavy atom. The summed E-state index contributed by atoms with van der Waals surface area (Å²) in [7, 11) is 0. The Morgan fingerprint density at radius 3 is 0.633 bits per heavy atom. The molecule has 0 aromatic rings. The van der Waals surface area contributed by atoms with Crippen molar-refractivity contribution in [2.75, 3.05) is 0 Å². The topological polar surface area (TPSA) is 0 Å². The van der Waals surface area contributed by atoms with Crippen LogP contribution < -0.4 is 0 Å². The van der Waals surface area contributed by atoms with E-state index in [4.69, 9.17) is 0 Å². The van der Waals surface area contributed by atoms with Crippen molar-refractivity contribution < 1.29 is 0 Å². The Balaban J connectivity index is -0.000000152. The van der Waals surface area contributed by atoms with Gasteiger partial charge in [-0.05, 0) is 153 Å². The number of rotatable bonds is 6. The molecule has 0 spiro atoms. The van der Waals surface area contributed by atoms with Gasteiger partial charge in [0.2, 0.25) is 0 Å². The molecule has 3 unspecified atom stereocenters. The van der Waals surface area contributed by atoms with Gasteiger partial charge >= 0.3 is 0 Å². The summed E-state index contributed by atoms with van der Waals surface area (Å²) >= 11 is 0. The minimum absolute atomic E-state index is 0.375. The maximum absolute atomic E-state index is 2.38. The molecule has 0 aromatic heterocycles. The Bertz CT molecular complexity index is 1720. The molecular weight excluding hydrogens is 1180 g/mol. The Labute approximate surface area is 633 Å². The molecule has 3 aliphatic rings. The highest BCUT2D eigenvalue weighted by Crippen LogP contribution is 2.51. The molecule has 0 heterocycles. The molecule has 98 heavy (non-hydrogen) atoms. The molecule has 0 amide bonds. The molecule has 0 aromatic carbocycles. The predicted octanol–water partition coefficient (Wildman–Crippen LogP) is 36.5. The van der Waals surface area contributed by atoms with Gasteiger partial charge in [0.25, 0.3) is 0 Å². The third-order valence-electron chi connectivity index (χ3n) is 29.5. The third-order valence-corrected chi connectivity index (χ3v) is 29.5. The Kier molecular flexibility index (Phi) is 54.5. The maximum atomic E-state index is 2.38. The summed E-state index contributed by atoms with van der Waals surface area (Å²) in [6.45, 7) is 132. The van der Waals surface area contributed by atoms with Crippen molar-refractivity contribution in [3.8, 4) is 0 Å². The zero-order chi connectivity index (χ0) is 81.5. The summed E-state index contributed by atoms with van der Waals surface area (Å²) in [6, 6.07) is 0. The van der Waals surface area contributed by atoms with E-state index >= 15 is 0 Å². The van der Waals surface area contributed by atoms with E-state index < -0.39 is 0 Å². The second-order valence-corrected chi connectivity index (χ2v) is 48.3. The standard InChI is InChI=1S/C11H24.2C10H22.3C9H20.3C8H16.2C8H18/c1-9(2,3)11(7,8)10(4,5)6;1-8(9(2,3)4)10(5,6)7;1-8(2)10(6,7)9(3,4)5;1-7-9(5,6)8(2,3)4;1-7(2)8(3)9(4,5)6;1-7(2)9(5,6)8(3)4;1-7-4-3-5-8(2)6-7;1-7-5-3-4-6-8(7)2;1-2-8-6-4-3-5-7-8;2*1-7(2,3)8(4,5)6/h1-8H3;2*8H,1-7H3;7H2,1-6H3;2*7-8H,1-6H3;2*7-8H,3-6H2,1-2H3;8H,2-7H2,1H3;2*1-6H3/t;;;;8-;;7-,8?;;;;/m....1.1..../s1. The first-order chi connectivity index (χ1) is 42.4. The van der Waals surface area contributed by atoms with Gasteiger partial charge in [-0.1, -0.05) is 485 Å². The molecule has 0 radical (unpaired) electrons. The van der Waals surface area contributed by atoms with Crippen LogP contribution in [0.3, 0.4) is 0 Å². The first-order valence-corrected chi connectivity index (χ1v) is 42.4. The zero-order valence-electron chi connectivity index (χ0n) is 81.5. The molecule has 0 saturated heterocycles. The molecule has 5 atom stereocenters. The third kappa shape index (κ3) is 52.9. The summed E-state index contributed by atoms with van der Waals surface area (Å²) in [4.78, 5) is 0. The van der Waals surface area contributed by atoms with Crippen molar-refractivity contribution >= 4 is 0 Å². The SMILES string of the molecule is CC(C(C)(C)C)C(C)(C)C.CC(C)(C)C(C)(C)C.CC(C)(C)C(C)(C)C.CC(C)(C)C(C)(C)C(C)(C)C.CC(C)C(C)(C)C(C)(C)C.CC(C)C(C)(C)C(C)C.CC(C)[C@@H](C)C(C)(C)C.CC1CCCCC1C.CC1CCC[C@@H](C)C1.CCC(C)(C)C(C)(C)C.CCC1CCCCC1. The smallest absolute Gasteiger partial charge is 0.0257 e. The van der Waals surface area contributed by atoms with E-state index in [1.54, 1.807) is 0 Å². The van der Waals surface area contributed by atoms with Crippen LogP contribution in [-0.2, 0) is 0 Å². The van der Waals surface area contributed by atoms with Crippen molar-refractivity contribution in [3.63, 3.8) is 0 Å². The molecule has 3 aliphatic carbocycles. The Morgan fingerprint density at radius 2 is 0.561 bits per heavy atom. The van der Waals surface area contributed by atoms with Gasteiger partial charge in [-0.2, -0.15) is 0 Å². The van der Waals surface area contributed by atoms with E-state index in [0.29, 0.717) is 81.2 Å². The van der Waals surface area contributed by atoms with Crippen molar-refractivity contribution in [3.05, 3.63) is 0 Å². The van der Waals surface area contributed by atoms with Crippen LogP contribution in [0.25, 0.3) is 0 Å². The molecule has 3 saturated carbocycles. The molecule has 0 aliphatic heterocycles. The highest BCUT2D eigenvalue weighted by molar-refractivity contribution is 4.92. The van der Waals surface area contributed by atoms with Crippen LogP contribution in [0.15, 0.2) is 0 Å². The van der Waals surface area contributed by atoms with Gasteiger partial charge in [0.05, 0.1) is 0 Å². The normalized spacial score (nSPS) is 19.4. The fourth-order valence-electron chi connectivity index (χ4n) is 10.3. The monoisotopic (exact) mass is 1390 g/mol. The molecule has 0 heteroatoms. The van der Waals surface area contributed by atoms with E-state index in [1.807, 2.05) is 0 Å². The van der Waals surface area contributed by atoms with Gasteiger partial charge in [-0.3, -0.25) is 0 Å².